The van der Waals surface area contributed by atoms with Crippen LogP contribution in [0, 0.1) is 5.92 Å². The quantitative estimate of drug-likeness (QED) is 0.735. The highest BCUT2D eigenvalue weighted by Gasteiger charge is 2.33. The number of fused-ring (bicyclic) bond motifs is 1. The van der Waals surface area contributed by atoms with Crippen molar-refractivity contribution in [2.75, 3.05) is 38.6 Å². The van der Waals surface area contributed by atoms with Gasteiger partial charge in [0.05, 0.1) is 21.7 Å². The summed E-state index contributed by atoms with van der Waals surface area (Å²) in [6.45, 7) is 4.31. The molecule has 1 saturated heterocycles. The maximum absolute atomic E-state index is 13.1. The maximum atomic E-state index is 13.1. The number of amides is 1. The Hall–Kier alpha value is -1.89. The summed E-state index contributed by atoms with van der Waals surface area (Å²) < 4.78 is 0. The van der Waals surface area contributed by atoms with Crippen molar-refractivity contribution in [1.29, 1.82) is 0 Å². The predicted molar refractivity (Wildman–Crippen MR) is 126 cm³/mol. The summed E-state index contributed by atoms with van der Waals surface area (Å²) in [6, 6.07) is 8.05. The number of aromatic nitrogens is 1. The van der Waals surface area contributed by atoms with Crippen molar-refractivity contribution in [2.45, 2.75) is 50.7 Å². The Balaban J connectivity index is 1.53. The topological polar surface area (TPSA) is 68.7 Å². The van der Waals surface area contributed by atoms with Crippen molar-refractivity contribution in [3.05, 3.63) is 34.9 Å². The molecule has 1 unspecified atom stereocenters. The van der Waals surface area contributed by atoms with E-state index in [1.165, 1.54) is 0 Å². The van der Waals surface area contributed by atoms with Gasteiger partial charge in [-0.25, -0.2) is 4.98 Å². The van der Waals surface area contributed by atoms with Crippen molar-refractivity contribution < 1.29 is 9.90 Å². The number of carbonyl (C=O) groups excluding carboxylic acids is 1. The largest absolute Gasteiger partial charge is 0.388 e. The summed E-state index contributed by atoms with van der Waals surface area (Å²) in [5.41, 5.74) is 0.345. The van der Waals surface area contributed by atoms with Gasteiger partial charge in [0, 0.05) is 31.1 Å². The minimum absolute atomic E-state index is 0.244. The van der Waals surface area contributed by atoms with Gasteiger partial charge in [0.1, 0.15) is 5.82 Å². The number of nitrogens with zero attached hydrogens (tertiary/aromatic N) is 3. The second-order valence-electron chi connectivity index (χ2n) is 9.62. The van der Waals surface area contributed by atoms with Crippen LogP contribution in [0.5, 0.6) is 0 Å². The van der Waals surface area contributed by atoms with Crippen LogP contribution in [0.2, 0.25) is 5.02 Å². The van der Waals surface area contributed by atoms with Crippen LogP contribution >= 0.6 is 11.6 Å². The fourth-order valence-electron chi connectivity index (χ4n) is 5.07. The molecular formula is C24H33ClN4O2. The molecule has 1 amide bonds. The Labute approximate surface area is 189 Å². The van der Waals surface area contributed by atoms with Gasteiger partial charge in [-0.15, -0.1) is 0 Å². The van der Waals surface area contributed by atoms with Gasteiger partial charge >= 0.3 is 0 Å². The molecule has 1 saturated carbocycles. The highest BCUT2D eigenvalue weighted by Crippen LogP contribution is 2.32. The number of anilines is 1. The lowest BCUT2D eigenvalue weighted by atomic mass is 9.79. The van der Waals surface area contributed by atoms with Crippen molar-refractivity contribution in [3.8, 4) is 0 Å². The number of aliphatic hydroxyl groups is 1. The molecule has 1 aromatic heterocycles. The monoisotopic (exact) mass is 444 g/mol. The van der Waals surface area contributed by atoms with Crippen LogP contribution in [0.1, 0.15) is 49.4 Å². The van der Waals surface area contributed by atoms with E-state index >= 15 is 0 Å². The lowest BCUT2D eigenvalue weighted by Crippen LogP contribution is -2.45. The third kappa shape index (κ3) is 4.81. The van der Waals surface area contributed by atoms with Crippen LogP contribution in [0.3, 0.4) is 0 Å². The van der Waals surface area contributed by atoms with Crippen LogP contribution in [-0.4, -0.2) is 66.3 Å². The number of pyridine rings is 1. The molecule has 4 rings (SSSR count). The molecule has 1 aliphatic carbocycles. The summed E-state index contributed by atoms with van der Waals surface area (Å²) in [5, 5.41) is 14.9. The number of carbonyl (C=O) groups is 1. The number of hydrogen-bond acceptors (Lipinski definition) is 5. The molecule has 0 spiro atoms. The van der Waals surface area contributed by atoms with Crippen LogP contribution in [0.25, 0.3) is 10.9 Å². The molecule has 3 atom stereocenters. The van der Waals surface area contributed by atoms with E-state index in [9.17, 15) is 9.90 Å². The predicted octanol–water partition coefficient (Wildman–Crippen LogP) is 3.70. The first-order valence-electron chi connectivity index (χ1n) is 11.3. The molecule has 0 bridgehead atoms. The van der Waals surface area contributed by atoms with Crippen LogP contribution in [0.15, 0.2) is 24.3 Å². The SMILES string of the molecule is C[C@H]1CCC[C@@](O)(CNC(=O)c2c(Cl)ccc3nc(N4CCC(N(C)C)C4)ccc23)C1. The second kappa shape index (κ2) is 8.93. The minimum atomic E-state index is -0.839. The third-order valence-corrected chi connectivity index (χ3v) is 7.21. The second-order valence-corrected chi connectivity index (χ2v) is 10.0. The zero-order valence-corrected chi connectivity index (χ0v) is 19.5. The fraction of sp³-hybridized carbons (Fsp3) is 0.583. The molecule has 6 nitrogen and oxygen atoms in total. The molecule has 168 valence electrons. The van der Waals surface area contributed by atoms with Gasteiger partial charge in [-0.05, 0) is 63.5 Å². The first-order valence-corrected chi connectivity index (χ1v) is 11.6. The Kier molecular flexibility index (Phi) is 6.42. The van der Waals surface area contributed by atoms with E-state index in [2.05, 4.69) is 36.1 Å². The molecule has 2 aliphatic rings. The summed E-state index contributed by atoms with van der Waals surface area (Å²) in [5.74, 6) is 1.14. The molecule has 2 heterocycles. The molecule has 2 N–H and O–H groups in total. The van der Waals surface area contributed by atoms with E-state index in [0.717, 1.165) is 55.5 Å². The van der Waals surface area contributed by atoms with Crippen molar-refractivity contribution in [2.24, 2.45) is 5.92 Å². The molecule has 2 fully saturated rings. The molecule has 2 aromatic rings. The number of halogens is 1. The van der Waals surface area contributed by atoms with Crippen LogP contribution in [0.4, 0.5) is 5.82 Å². The summed E-state index contributed by atoms with van der Waals surface area (Å²) in [4.78, 5) is 22.4. The van der Waals surface area contributed by atoms with Crippen molar-refractivity contribution >= 4 is 34.2 Å². The summed E-state index contributed by atoms with van der Waals surface area (Å²) in [6.07, 6.45) is 4.66. The number of likely N-dealkylation sites (N-methyl/N-ethyl adjacent to an activating group) is 1. The van der Waals surface area contributed by atoms with Gasteiger partial charge in [0.2, 0.25) is 0 Å². The van der Waals surface area contributed by atoms with Gasteiger partial charge < -0.3 is 20.2 Å². The van der Waals surface area contributed by atoms with Crippen molar-refractivity contribution in [3.63, 3.8) is 0 Å². The number of benzene rings is 1. The first-order chi connectivity index (χ1) is 14.8. The summed E-state index contributed by atoms with van der Waals surface area (Å²) in [7, 11) is 4.22. The average Bonchev–Trinajstić information content (AvgIpc) is 3.22. The summed E-state index contributed by atoms with van der Waals surface area (Å²) >= 11 is 6.43. The highest BCUT2D eigenvalue weighted by atomic mass is 35.5. The first kappa shape index (κ1) is 22.3. The van der Waals surface area contributed by atoms with Crippen LogP contribution < -0.4 is 10.2 Å². The van der Waals surface area contributed by atoms with E-state index in [1.807, 2.05) is 18.2 Å². The van der Waals surface area contributed by atoms with Crippen molar-refractivity contribution in [1.82, 2.24) is 15.2 Å². The lowest BCUT2D eigenvalue weighted by molar-refractivity contribution is -0.0109. The standard InChI is InChI=1S/C24H33ClN4O2/c1-16-5-4-11-24(31,13-16)15-26-23(30)22-18-6-9-21(27-20(18)8-7-19(22)25)29-12-10-17(14-29)28(2)3/h6-9,16-17,31H,4-5,10-15H2,1-3H3,(H,26,30)/t16-,17?,24-/m0/s1. The minimum Gasteiger partial charge on any atom is -0.388 e. The smallest absolute Gasteiger partial charge is 0.253 e. The van der Waals surface area contributed by atoms with Gasteiger partial charge in [-0.2, -0.15) is 0 Å². The van der Waals surface area contributed by atoms with Crippen LogP contribution in [-0.2, 0) is 0 Å². The Bertz CT molecular complexity index is 966. The lowest BCUT2D eigenvalue weighted by Gasteiger charge is -2.35. The molecule has 0 radical (unpaired) electrons. The number of rotatable bonds is 5. The van der Waals surface area contributed by atoms with E-state index < -0.39 is 5.60 Å². The third-order valence-electron chi connectivity index (χ3n) is 6.90. The normalized spacial score (nSPS) is 26.6. The molecule has 1 aromatic carbocycles. The van der Waals surface area contributed by atoms with E-state index in [-0.39, 0.29) is 12.5 Å². The number of hydrogen-bond donors (Lipinski definition) is 2. The maximum Gasteiger partial charge on any atom is 0.253 e. The molecule has 7 heteroatoms. The molecule has 1 aliphatic heterocycles. The van der Waals surface area contributed by atoms with Gasteiger partial charge in [-0.3, -0.25) is 4.79 Å². The Morgan fingerprint density at radius 1 is 1.32 bits per heavy atom. The fourth-order valence-corrected chi connectivity index (χ4v) is 5.32. The van der Waals surface area contributed by atoms with Gasteiger partial charge in [0.15, 0.2) is 0 Å². The Morgan fingerprint density at radius 3 is 2.84 bits per heavy atom. The average molecular weight is 445 g/mol. The molecular weight excluding hydrogens is 412 g/mol. The van der Waals surface area contributed by atoms with Gasteiger partial charge in [-0.1, -0.05) is 31.4 Å². The van der Waals surface area contributed by atoms with Gasteiger partial charge in [0.25, 0.3) is 5.91 Å². The highest BCUT2D eigenvalue weighted by molar-refractivity contribution is 6.35. The zero-order valence-electron chi connectivity index (χ0n) is 18.7. The van der Waals surface area contributed by atoms with E-state index in [4.69, 9.17) is 16.6 Å². The van der Waals surface area contributed by atoms with E-state index in [1.54, 1.807) is 6.07 Å². The Morgan fingerprint density at radius 2 is 2.13 bits per heavy atom. The van der Waals surface area contributed by atoms with E-state index in [0.29, 0.717) is 29.0 Å². The zero-order chi connectivity index (χ0) is 22.2. The molecule has 31 heavy (non-hydrogen) atoms. The number of nitrogens with one attached hydrogen (secondary N) is 1.